The quantitative estimate of drug-likeness (QED) is 0.572. The van der Waals surface area contributed by atoms with Gasteiger partial charge in [-0.1, -0.05) is 23.5 Å². The van der Waals surface area contributed by atoms with E-state index in [1.807, 2.05) is 30.7 Å². The summed E-state index contributed by atoms with van der Waals surface area (Å²) in [4.78, 5) is 21.9. The normalized spacial score (nSPS) is 21.1. The Morgan fingerprint density at radius 2 is 1.97 bits per heavy atom. The maximum atomic E-state index is 4.85. The van der Waals surface area contributed by atoms with Crippen LogP contribution in [0.5, 0.6) is 0 Å². The lowest BCUT2D eigenvalue weighted by Crippen LogP contribution is -2.18. The van der Waals surface area contributed by atoms with E-state index in [-0.39, 0.29) is 0 Å². The van der Waals surface area contributed by atoms with Gasteiger partial charge in [-0.2, -0.15) is 0 Å². The highest BCUT2D eigenvalue weighted by atomic mass is 32.1. The van der Waals surface area contributed by atoms with Crippen LogP contribution in [0.3, 0.4) is 0 Å². The molecular weight excluding hydrogens is 404 g/mol. The van der Waals surface area contributed by atoms with E-state index in [9.17, 15) is 0 Å². The van der Waals surface area contributed by atoms with E-state index in [2.05, 4.69) is 44.5 Å². The number of aliphatic imine (C=N–C) groups is 1. The van der Waals surface area contributed by atoms with Crippen LogP contribution in [-0.4, -0.2) is 39.2 Å². The summed E-state index contributed by atoms with van der Waals surface area (Å²) in [6, 6.07) is 8.26. The van der Waals surface area contributed by atoms with Crippen LogP contribution in [0.4, 0.5) is 10.9 Å². The first-order valence-corrected chi connectivity index (χ1v) is 11.8. The van der Waals surface area contributed by atoms with E-state index < -0.39 is 0 Å². The fraction of sp³-hybridized carbons (Fsp3) is 0.333. The fourth-order valence-electron chi connectivity index (χ4n) is 3.92. The minimum Gasteiger partial charge on any atom is -0.316 e. The molecule has 0 aliphatic carbocycles. The molecule has 7 heteroatoms. The Morgan fingerprint density at radius 1 is 1.03 bits per heavy atom. The number of nitrogens with zero attached hydrogens (tertiary/aromatic N) is 5. The smallest absolute Gasteiger partial charge is 0.190 e. The van der Waals surface area contributed by atoms with Crippen LogP contribution in [0.15, 0.2) is 53.8 Å². The molecule has 6 nitrogen and oxygen atoms in total. The van der Waals surface area contributed by atoms with Crippen LogP contribution in [0, 0.1) is 0 Å². The van der Waals surface area contributed by atoms with Gasteiger partial charge in [0.25, 0.3) is 0 Å². The first kappa shape index (κ1) is 20.0. The minimum absolute atomic E-state index is 0.808. The number of anilines is 2. The van der Waals surface area contributed by atoms with E-state index in [1.54, 1.807) is 11.3 Å². The number of likely N-dealkylation sites (tertiary alicyclic amines) is 1. The molecule has 0 bridgehead atoms. The van der Waals surface area contributed by atoms with Gasteiger partial charge in [-0.25, -0.2) is 15.0 Å². The zero-order chi connectivity index (χ0) is 20.9. The Hall–Kier alpha value is -2.90. The molecule has 0 spiro atoms. The highest BCUT2D eigenvalue weighted by Gasteiger charge is 2.13. The Bertz CT molecular complexity index is 1140. The number of allylic oxidation sites excluding steroid dienone is 3. The maximum Gasteiger partial charge on any atom is 0.190 e. The van der Waals surface area contributed by atoms with Crippen LogP contribution in [0.2, 0.25) is 0 Å². The van der Waals surface area contributed by atoms with Crippen molar-refractivity contribution in [3.63, 3.8) is 0 Å². The van der Waals surface area contributed by atoms with Gasteiger partial charge in [0.2, 0.25) is 0 Å². The minimum atomic E-state index is 0.808. The van der Waals surface area contributed by atoms with Crippen molar-refractivity contribution in [3.8, 4) is 0 Å². The number of nitrogens with one attached hydrogen (secondary N) is 1. The first-order valence-electron chi connectivity index (χ1n) is 10.9. The molecule has 2 aliphatic heterocycles. The predicted molar refractivity (Wildman–Crippen MR) is 129 cm³/mol. The molecule has 1 saturated heterocycles. The van der Waals surface area contributed by atoms with Crippen molar-refractivity contribution in [2.24, 2.45) is 4.99 Å². The molecule has 158 valence electrons. The van der Waals surface area contributed by atoms with Gasteiger partial charge in [0.15, 0.2) is 5.13 Å². The number of fused-ring (bicyclic) bond motifs is 1. The molecule has 0 radical (unpaired) electrons. The summed E-state index contributed by atoms with van der Waals surface area (Å²) in [5, 5.41) is 4.18. The van der Waals surface area contributed by atoms with Gasteiger partial charge in [-0.3, -0.25) is 9.89 Å². The topological polar surface area (TPSA) is 66.3 Å². The molecule has 1 fully saturated rings. The third-order valence-electron chi connectivity index (χ3n) is 5.54. The van der Waals surface area contributed by atoms with Crippen molar-refractivity contribution in [1.82, 2.24) is 19.9 Å². The molecule has 0 atom stereocenters. The molecule has 5 rings (SSSR count). The number of hydrogen-bond acceptors (Lipinski definition) is 7. The standard InChI is InChI=1S/C24H26N6S/c1-2-4-11-25-16-19(7-3-1)20-8-9-21-23(27-20)31-24(28-21)29-22-15-18(10-12-26-22)17-30-13-5-6-14-30/h3,7-12,15-16H,1-2,4-6,13-14,17H2,(H,26,28,29)/b7-3-,19-16+,25-11-. The van der Waals surface area contributed by atoms with Crippen molar-refractivity contribution in [2.45, 2.75) is 38.6 Å². The second kappa shape index (κ2) is 9.49. The Kier molecular flexibility index (Phi) is 6.13. The Morgan fingerprint density at radius 3 is 2.90 bits per heavy atom. The Labute approximate surface area is 186 Å². The van der Waals surface area contributed by atoms with E-state index in [0.717, 1.165) is 58.4 Å². The van der Waals surface area contributed by atoms with Gasteiger partial charge < -0.3 is 5.32 Å². The molecule has 2 aliphatic rings. The first-order chi connectivity index (χ1) is 15.3. The summed E-state index contributed by atoms with van der Waals surface area (Å²) in [6.07, 6.45) is 15.9. The zero-order valence-corrected chi connectivity index (χ0v) is 18.3. The summed E-state index contributed by atoms with van der Waals surface area (Å²) < 4.78 is 0. The maximum absolute atomic E-state index is 4.85. The van der Waals surface area contributed by atoms with Crippen molar-refractivity contribution in [2.75, 3.05) is 18.4 Å². The van der Waals surface area contributed by atoms with Crippen LogP contribution >= 0.6 is 11.3 Å². The third-order valence-corrected chi connectivity index (χ3v) is 6.42. The number of thiazole rings is 1. The molecule has 3 aromatic heterocycles. The molecule has 1 N–H and O–H groups in total. The summed E-state index contributed by atoms with van der Waals surface area (Å²) in [6.45, 7) is 3.36. The second-order valence-corrected chi connectivity index (χ2v) is 8.92. The average Bonchev–Trinajstić information content (AvgIpc) is 3.44. The highest BCUT2D eigenvalue weighted by Crippen LogP contribution is 2.29. The van der Waals surface area contributed by atoms with E-state index in [4.69, 9.17) is 9.97 Å². The van der Waals surface area contributed by atoms with E-state index >= 15 is 0 Å². The number of rotatable bonds is 5. The molecule has 0 unspecified atom stereocenters. The molecular formula is C24H26N6S. The fourth-order valence-corrected chi connectivity index (χ4v) is 4.77. The lowest BCUT2D eigenvalue weighted by Gasteiger charge is -2.14. The van der Waals surface area contributed by atoms with Crippen LogP contribution in [0.25, 0.3) is 15.9 Å². The lowest BCUT2D eigenvalue weighted by atomic mass is 10.1. The average molecular weight is 431 g/mol. The number of aromatic nitrogens is 3. The zero-order valence-electron chi connectivity index (χ0n) is 17.5. The van der Waals surface area contributed by atoms with Crippen LogP contribution < -0.4 is 5.32 Å². The monoisotopic (exact) mass is 430 g/mol. The number of hydrogen-bond donors (Lipinski definition) is 1. The predicted octanol–water partition coefficient (Wildman–Crippen LogP) is 5.58. The van der Waals surface area contributed by atoms with Crippen molar-refractivity contribution < 1.29 is 0 Å². The van der Waals surface area contributed by atoms with Crippen molar-refractivity contribution >= 4 is 44.4 Å². The Balaban J connectivity index is 1.35. The summed E-state index contributed by atoms with van der Waals surface area (Å²) in [5.74, 6) is 0.826. The summed E-state index contributed by atoms with van der Waals surface area (Å²) in [5.41, 5.74) is 4.11. The molecule has 0 amide bonds. The van der Waals surface area contributed by atoms with Crippen molar-refractivity contribution in [1.29, 1.82) is 0 Å². The van der Waals surface area contributed by atoms with Gasteiger partial charge in [-0.05, 0) is 75.0 Å². The van der Waals surface area contributed by atoms with Gasteiger partial charge in [0.1, 0.15) is 16.2 Å². The lowest BCUT2D eigenvalue weighted by molar-refractivity contribution is 0.331. The molecule has 3 aromatic rings. The third kappa shape index (κ3) is 5.06. The number of pyridine rings is 2. The SMILES string of the molecule is C1=C/C(c2ccc3nc(Nc4cc(CN5CCCC5)ccn4)sc3n2)=C\N=C/CCC\1. The van der Waals surface area contributed by atoms with Gasteiger partial charge in [0, 0.05) is 30.7 Å². The summed E-state index contributed by atoms with van der Waals surface area (Å²) >= 11 is 1.55. The summed E-state index contributed by atoms with van der Waals surface area (Å²) in [7, 11) is 0. The highest BCUT2D eigenvalue weighted by molar-refractivity contribution is 7.21. The molecule has 5 heterocycles. The molecule has 0 aromatic carbocycles. The van der Waals surface area contributed by atoms with Gasteiger partial charge >= 0.3 is 0 Å². The van der Waals surface area contributed by atoms with Crippen molar-refractivity contribution in [3.05, 3.63) is 60.1 Å². The van der Waals surface area contributed by atoms with Crippen LogP contribution in [0.1, 0.15) is 43.4 Å². The van der Waals surface area contributed by atoms with E-state index in [1.165, 1.54) is 31.5 Å². The molecule has 31 heavy (non-hydrogen) atoms. The molecule has 0 saturated carbocycles. The van der Waals surface area contributed by atoms with E-state index in [0.29, 0.717) is 0 Å². The van der Waals surface area contributed by atoms with Crippen LogP contribution in [-0.2, 0) is 6.54 Å². The second-order valence-electron chi connectivity index (χ2n) is 7.95. The van der Waals surface area contributed by atoms with Gasteiger partial charge in [0.05, 0.1) is 5.69 Å². The van der Waals surface area contributed by atoms with Gasteiger partial charge in [-0.15, -0.1) is 0 Å². The largest absolute Gasteiger partial charge is 0.316 e.